The van der Waals surface area contributed by atoms with Crippen LogP contribution in [-0.2, 0) is 13.6 Å². The minimum atomic E-state index is -1.52. The van der Waals surface area contributed by atoms with E-state index in [1.165, 1.54) is 0 Å². The highest BCUT2D eigenvalue weighted by molar-refractivity contribution is 6.45. The Morgan fingerprint density at radius 2 is 1.78 bits per heavy atom. The van der Waals surface area contributed by atoms with Crippen molar-refractivity contribution in [3.8, 4) is 0 Å². The molecule has 0 aromatic carbocycles. The van der Waals surface area contributed by atoms with Gasteiger partial charge in [-0.2, -0.15) is 0 Å². The first-order valence-electron chi connectivity index (χ1n) is 6.80. The van der Waals surface area contributed by atoms with E-state index >= 15 is 0 Å². The molecule has 5 heteroatoms. The standard InChI is InChI=1S/C13H29NO3Si/c1-5-16-18(17-6-2)12-7-9-13(3,4)15-11-8-10-14/h7,9,18H,5-6,8,10-12,14H2,1-4H3. The van der Waals surface area contributed by atoms with E-state index in [-0.39, 0.29) is 5.60 Å². The number of rotatable bonds is 11. The summed E-state index contributed by atoms with van der Waals surface area (Å²) in [6.45, 7) is 10.9. The van der Waals surface area contributed by atoms with Gasteiger partial charge in [0.1, 0.15) is 0 Å². The molecule has 0 bridgehead atoms. The van der Waals surface area contributed by atoms with Gasteiger partial charge in [0.15, 0.2) is 0 Å². The van der Waals surface area contributed by atoms with Crippen molar-refractivity contribution in [3.05, 3.63) is 12.2 Å². The van der Waals surface area contributed by atoms with Crippen LogP contribution in [0.2, 0.25) is 6.04 Å². The summed E-state index contributed by atoms with van der Waals surface area (Å²) in [6, 6.07) is 0.880. The van der Waals surface area contributed by atoms with Crippen LogP contribution in [0.3, 0.4) is 0 Å². The van der Waals surface area contributed by atoms with Crippen LogP contribution in [0.5, 0.6) is 0 Å². The van der Waals surface area contributed by atoms with Crippen molar-refractivity contribution in [2.45, 2.75) is 45.8 Å². The molecule has 0 aliphatic rings. The Morgan fingerprint density at radius 1 is 1.17 bits per heavy atom. The Balaban J connectivity index is 4.01. The van der Waals surface area contributed by atoms with Gasteiger partial charge in [-0.3, -0.25) is 0 Å². The summed E-state index contributed by atoms with van der Waals surface area (Å²) < 4.78 is 16.9. The van der Waals surface area contributed by atoms with E-state index in [1.807, 2.05) is 13.8 Å². The third-order valence-corrected chi connectivity index (χ3v) is 4.44. The summed E-state index contributed by atoms with van der Waals surface area (Å²) in [5.74, 6) is 0. The maximum absolute atomic E-state index is 5.74. The highest BCUT2D eigenvalue weighted by atomic mass is 28.3. The van der Waals surface area contributed by atoms with Crippen molar-refractivity contribution in [2.24, 2.45) is 5.73 Å². The average molecular weight is 275 g/mol. The molecule has 0 rings (SSSR count). The van der Waals surface area contributed by atoms with Gasteiger partial charge >= 0.3 is 9.28 Å². The largest absolute Gasteiger partial charge is 0.397 e. The van der Waals surface area contributed by atoms with Gasteiger partial charge in [0, 0.05) is 25.9 Å². The topological polar surface area (TPSA) is 53.7 Å². The first-order valence-corrected chi connectivity index (χ1v) is 8.56. The van der Waals surface area contributed by atoms with E-state index in [0.717, 1.165) is 25.7 Å². The smallest absolute Gasteiger partial charge is 0.325 e. The zero-order valence-corrected chi connectivity index (χ0v) is 13.4. The monoisotopic (exact) mass is 275 g/mol. The van der Waals surface area contributed by atoms with Crippen LogP contribution >= 0.6 is 0 Å². The molecule has 0 atom stereocenters. The lowest BCUT2D eigenvalue weighted by atomic mass is 10.1. The van der Waals surface area contributed by atoms with Crippen molar-refractivity contribution in [1.29, 1.82) is 0 Å². The molecule has 0 spiro atoms. The first-order chi connectivity index (χ1) is 8.55. The van der Waals surface area contributed by atoms with Crippen molar-refractivity contribution in [2.75, 3.05) is 26.4 Å². The molecule has 0 radical (unpaired) electrons. The summed E-state index contributed by atoms with van der Waals surface area (Å²) >= 11 is 0. The van der Waals surface area contributed by atoms with E-state index < -0.39 is 9.28 Å². The molecule has 0 heterocycles. The molecular weight excluding hydrogens is 246 g/mol. The Morgan fingerprint density at radius 3 is 2.28 bits per heavy atom. The normalized spacial score (nSPS) is 12.8. The summed E-state index contributed by atoms with van der Waals surface area (Å²) in [7, 11) is -1.52. The second-order valence-electron chi connectivity index (χ2n) is 4.57. The maximum Gasteiger partial charge on any atom is 0.325 e. The minimum Gasteiger partial charge on any atom is -0.397 e. The van der Waals surface area contributed by atoms with Crippen LogP contribution in [0.25, 0.3) is 0 Å². The number of allylic oxidation sites excluding steroid dienone is 1. The van der Waals surface area contributed by atoms with Crippen molar-refractivity contribution < 1.29 is 13.6 Å². The fraction of sp³-hybridized carbons (Fsp3) is 0.846. The quantitative estimate of drug-likeness (QED) is 0.356. The molecule has 0 saturated heterocycles. The molecule has 0 aliphatic heterocycles. The molecular formula is C13H29NO3Si. The minimum absolute atomic E-state index is 0.244. The van der Waals surface area contributed by atoms with Crippen molar-refractivity contribution in [1.82, 2.24) is 0 Å². The molecule has 2 N–H and O–H groups in total. The van der Waals surface area contributed by atoms with E-state index in [0.29, 0.717) is 13.2 Å². The predicted molar refractivity (Wildman–Crippen MR) is 78.1 cm³/mol. The second-order valence-corrected chi connectivity index (χ2v) is 6.57. The Labute approximate surface area is 113 Å². The lowest BCUT2D eigenvalue weighted by molar-refractivity contribution is 0.0191. The Bertz CT molecular complexity index is 216. The third kappa shape index (κ3) is 9.79. The summed E-state index contributed by atoms with van der Waals surface area (Å²) in [5.41, 5.74) is 5.20. The average Bonchev–Trinajstić information content (AvgIpc) is 2.29. The Kier molecular flexibility index (Phi) is 10.6. The molecule has 0 saturated carbocycles. The van der Waals surface area contributed by atoms with Crippen LogP contribution in [0, 0.1) is 0 Å². The van der Waals surface area contributed by atoms with E-state index in [9.17, 15) is 0 Å². The van der Waals surface area contributed by atoms with Crippen molar-refractivity contribution >= 4 is 9.28 Å². The molecule has 0 aromatic rings. The van der Waals surface area contributed by atoms with Gasteiger partial charge < -0.3 is 19.3 Å². The van der Waals surface area contributed by atoms with E-state index in [2.05, 4.69) is 26.0 Å². The molecule has 0 amide bonds. The van der Waals surface area contributed by atoms with Crippen LogP contribution in [0.15, 0.2) is 12.2 Å². The van der Waals surface area contributed by atoms with Gasteiger partial charge in [-0.1, -0.05) is 12.2 Å². The molecule has 0 aliphatic carbocycles. The highest BCUT2D eigenvalue weighted by Gasteiger charge is 2.15. The number of nitrogens with two attached hydrogens (primary N) is 1. The van der Waals surface area contributed by atoms with Crippen molar-refractivity contribution in [3.63, 3.8) is 0 Å². The molecule has 0 aromatic heterocycles. The second kappa shape index (κ2) is 10.7. The van der Waals surface area contributed by atoms with Gasteiger partial charge in [-0.15, -0.1) is 0 Å². The maximum atomic E-state index is 5.74. The lowest BCUT2D eigenvalue weighted by Crippen LogP contribution is -2.24. The van der Waals surface area contributed by atoms with Gasteiger partial charge in [0.05, 0.1) is 5.60 Å². The van der Waals surface area contributed by atoms with Crippen LogP contribution in [-0.4, -0.2) is 41.3 Å². The number of hydrogen-bond donors (Lipinski definition) is 1. The molecule has 0 unspecified atom stereocenters. The fourth-order valence-corrected chi connectivity index (χ4v) is 2.96. The lowest BCUT2D eigenvalue weighted by Gasteiger charge is -2.21. The predicted octanol–water partition coefficient (Wildman–Crippen LogP) is 1.98. The SMILES string of the molecule is CCO[SiH](CC=CC(C)(C)OCCCN)OCC. The molecule has 4 nitrogen and oxygen atoms in total. The zero-order chi connectivity index (χ0) is 13.9. The summed E-state index contributed by atoms with van der Waals surface area (Å²) in [4.78, 5) is 0. The zero-order valence-electron chi connectivity index (χ0n) is 12.3. The van der Waals surface area contributed by atoms with Gasteiger partial charge in [-0.05, 0) is 40.7 Å². The number of hydrogen-bond acceptors (Lipinski definition) is 4. The molecule has 108 valence electrons. The molecule has 18 heavy (non-hydrogen) atoms. The van der Waals surface area contributed by atoms with E-state index in [1.54, 1.807) is 0 Å². The van der Waals surface area contributed by atoms with E-state index in [4.69, 9.17) is 19.3 Å². The summed E-state index contributed by atoms with van der Waals surface area (Å²) in [6.07, 6.45) is 5.10. The number of ether oxygens (including phenoxy) is 1. The van der Waals surface area contributed by atoms with Crippen LogP contribution in [0.1, 0.15) is 34.1 Å². The first kappa shape index (κ1) is 17.8. The molecule has 0 fully saturated rings. The van der Waals surface area contributed by atoms with Gasteiger partial charge in [-0.25, -0.2) is 0 Å². The van der Waals surface area contributed by atoms with Crippen LogP contribution < -0.4 is 5.73 Å². The third-order valence-electron chi connectivity index (χ3n) is 2.38. The fourth-order valence-electron chi connectivity index (χ4n) is 1.49. The highest BCUT2D eigenvalue weighted by Crippen LogP contribution is 2.12. The van der Waals surface area contributed by atoms with Gasteiger partial charge in [0.2, 0.25) is 0 Å². The van der Waals surface area contributed by atoms with Crippen LogP contribution in [0.4, 0.5) is 0 Å². The Hall–Kier alpha value is -0.203. The summed E-state index contributed by atoms with van der Waals surface area (Å²) in [5, 5.41) is 0. The van der Waals surface area contributed by atoms with Gasteiger partial charge in [0.25, 0.3) is 0 Å².